The lowest BCUT2D eigenvalue weighted by Gasteiger charge is -2.10. The Labute approximate surface area is 126 Å². The highest BCUT2D eigenvalue weighted by Gasteiger charge is 2.05. The normalized spacial score (nSPS) is 10.8. The second-order valence-electron chi connectivity index (χ2n) is 5.30. The van der Waals surface area contributed by atoms with Crippen LogP contribution in [0.4, 0.5) is 15.8 Å². The molecule has 0 fully saturated rings. The number of nitrogens with two attached hydrogens (primary N) is 1. The molecule has 0 aliphatic heterocycles. The monoisotopic (exact) mass is 297 g/mol. The van der Waals surface area contributed by atoms with Gasteiger partial charge in [0.25, 0.3) is 5.56 Å². The molecule has 0 saturated carbocycles. The molecule has 0 radical (unpaired) electrons. The third-order valence-corrected chi connectivity index (χ3v) is 3.56. The van der Waals surface area contributed by atoms with Gasteiger partial charge in [0.1, 0.15) is 5.82 Å². The van der Waals surface area contributed by atoms with Crippen LogP contribution in [-0.2, 0) is 6.54 Å². The number of halogens is 1. The van der Waals surface area contributed by atoms with Gasteiger partial charge in [-0.2, -0.15) is 0 Å². The minimum absolute atomic E-state index is 0.149. The van der Waals surface area contributed by atoms with Gasteiger partial charge < -0.3 is 16.0 Å². The molecule has 2 aromatic carbocycles. The van der Waals surface area contributed by atoms with E-state index in [-0.39, 0.29) is 11.4 Å². The number of nitrogen functional groups attached to an aromatic ring is 1. The average Bonchev–Trinajstić information content (AvgIpc) is 2.47. The molecular weight excluding hydrogens is 281 g/mol. The van der Waals surface area contributed by atoms with Crippen molar-refractivity contribution in [2.45, 2.75) is 13.5 Å². The lowest BCUT2D eigenvalue weighted by Crippen LogP contribution is -2.16. The van der Waals surface area contributed by atoms with Crippen LogP contribution in [0.3, 0.4) is 0 Å². The third kappa shape index (κ3) is 2.79. The predicted molar refractivity (Wildman–Crippen MR) is 87.4 cm³/mol. The van der Waals surface area contributed by atoms with Crippen molar-refractivity contribution < 1.29 is 4.39 Å². The molecule has 112 valence electrons. The van der Waals surface area contributed by atoms with Crippen molar-refractivity contribution in [2.75, 3.05) is 11.1 Å². The average molecular weight is 297 g/mol. The number of aryl methyl sites for hydroxylation is 1. The molecule has 5 heteroatoms. The van der Waals surface area contributed by atoms with Crippen LogP contribution in [0.25, 0.3) is 10.9 Å². The zero-order valence-electron chi connectivity index (χ0n) is 12.1. The van der Waals surface area contributed by atoms with E-state index < -0.39 is 0 Å². The topological polar surface area (TPSA) is 70.9 Å². The number of pyridine rings is 1. The van der Waals surface area contributed by atoms with E-state index in [1.807, 2.05) is 31.2 Å². The summed E-state index contributed by atoms with van der Waals surface area (Å²) in [5.41, 5.74) is 9.04. The maximum atomic E-state index is 13.0. The van der Waals surface area contributed by atoms with Crippen LogP contribution in [0.15, 0.2) is 47.3 Å². The van der Waals surface area contributed by atoms with Gasteiger partial charge in [0.2, 0.25) is 0 Å². The Bertz CT molecular complexity index is 902. The number of hydrogen-bond acceptors (Lipinski definition) is 3. The van der Waals surface area contributed by atoms with Crippen LogP contribution >= 0.6 is 0 Å². The molecule has 22 heavy (non-hydrogen) atoms. The predicted octanol–water partition coefficient (Wildman–Crippen LogP) is 3.17. The molecule has 4 N–H and O–H groups in total. The molecule has 0 saturated heterocycles. The molecule has 0 spiro atoms. The Morgan fingerprint density at radius 1 is 1.18 bits per heavy atom. The molecule has 3 aromatic rings. The molecule has 0 unspecified atom stereocenters. The van der Waals surface area contributed by atoms with Gasteiger partial charge in [0.15, 0.2) is 0 Å². The fourth-order valence-electron chi connectivity index (χ4n) is 2.39. The van der Waals surface area contributed by atoms with Crippen molar-refractivity contribution in [3.05, 3.63) is 69.8 Å². The molecule has 0 amide bonds. The van der Waals surface area contributed by atoms with E-state index in [9.17, 15) is 9.18 Å². The smallest absolute Gasteiger partial charge is 0.253 e. The first-order valence-corrected chi connectivity index (χ1v) is 6.94. The summed E-state index contributed by atoms with van der Waals surface area (Å²) in [6.45, 7) is 2.32. The van der Waals surface area contributed by atoms with E-state index >= 15 is 0 Å². The number of nitrogens with one attached hydrogen (secondary N) is 2. The van der Waals surface area contributed by atoms with Gasteiger partial charge in [-0.25, -0.2) is 4.39 Å². The highest BCUT2D eigenvalue weighted by molar-refractivity contribution is 5.79. The fourth-order valence-corrected chi connectivity index (χ4v) is 2.39. The third-order valence-electron chi connectivity index (χ3n) is 3.56. The Balaban J connectivity index is 1.90. The maximum Gasteiger partial charge on any atom is 0.253 e. The first-order valence-electron chi connectivity index (χ1n) is 6.94. The summed E-state index contributed by atoms with van der Waals surface area (Å²) in [5.74, 6) is -0.387. The molecule has 1 heterocycles. The maximum absolute atomic E-state index is 13.0. The number of rotatable bonds is 3. The molecule has 4 nitrogen and oxygen atoms in total. The Hall–Kier alpha value is -2.82. The van der Waals surface area contributed by atoms with Crippen LogP contribution in [0.5, 0.6) is 0 Å². The number of aromatic nitrogens is 1. The Kier molecular flexibility index (Phi) is 3.55. The number of hydrogen-bond donors (Lipinski definition) is 3. The standard InChI is InChI=1S/C17H16FN3O/c1-10-2-4-15-11(6-10)7-12(17(22)21-15)9-20-16-5-3-13(18)8-14(16)19/h2-8,20H,9,19H2,1H3,(H,21,22). The Morgan fingerprint density at radius 3 is 2.77 bits per heavy atom. The van der Waals surface area contributed by atoms with Crippen molar-refractivity contribution >= 4 is 22.3 Å². The van der Waals surface area contributed by atoms with E-state index in [1.54, 1.807) is 6.07 Å². The highest BCUT2D eigenvalue weighted by Crippen LogP contribution is 2.20. The highest BCUT2D eigenvalue weighted by atomic mass is 19.1. The van der Waals surface area contributed by atoms with Gasteiger partial charge in [0, 0.05) is 17.6 Å². The summed E-state index contributed by atoms with van der Waals surface area (Å²) in [6.07, 6.45) is 0. The van der Waals surface area contributed by atoms with Crippen molar-refractivity contribution in [2.24, 2.45) is 0 Å². The summed E-state index contributed by atoms with van der Waals surface area (Å²) in [4.78, 5) is 15.0. The summed E-state index contributed by atoms with van der Waals surface area (Å²) in [7, 11) is 0. The van der Waals surface area contributed by atoms with Crippen LogP contribution in [0.1, 0.15) is 11.1 Å². The molecule has 1 aromatic heterocycles. The minimum atomic E-state index is -0.387. The summed E-state index contributed by atoms with van der Waals surface area (Å²) < 4.78 is 13.0. The van der Waals surface area contributed by atoms with Crippen LogP contribution < -0.4 is 16.6 Å². The van der Waals surface area contributed by atoms with Gasteiger partial charge in [0.05, 0.1) is 11.4 Å². The molecule has 0 aliphatic carbocycles. The quantitative estimate of drug-likeness (QED) is 0.650. The van der Waals surface area contributed by atoms with Gasteiger partial charge >= 0.3 is 0 Å². The van der Waals surface area contributed by atoms with E-state index in [2.05, 4.69) is 10.3 Å². The lowest BCUT2D eigenvalue weighted by atomic mass is 10.1. The van der Waals surface area contributed by atoms with Crippen molar-refractivity contribution in [1.82, 2.24) is 4.98 Å². The van der Waals surface area contributed by atoms with E-state index in [4.69, 9.17) is 5.73 Å². The first kappa shape index (κ1) is 14.1. The second-order valence-corrected chi connectivity index (χ2v) is 5.30. The van der Waals surface area contributed by atoms with E-state index in [0.29, 0.717) is 23.5 Å². The van der Waals surface area contributed by atoms with Crippen molar-refractivity contribution in [1.29, 1.82) is 0 Å². The van der Waals surface area contributed by atoms with Crippen molar-refractivity contribution in [3.8, 4) is 0 Å². The molecule has 0 aliphatic rings. The number of anilines is 2. The minimum Gasteiger partial charge on any atom is -0.397 e. The van der Waals surface area contributed by atoms with Gasteiger partial charge in [-0.15, -0.1) is 0 Å². The molecule has 0 atom stereocenters. The SMILES string of the molecule is Cc1ccc2[nH]c(=O)c(CNc3ccc(F)cc3N)cc2c1. The van der Waals surface area contributed by atoms with Gasteiger partial charge in [-0.1, -0.05) is 11.6 Å². The zero-order chi connectivity index (χ0) is 15.7. The fraction of sp³-hybridized carbons (Fsp3) is 0.118. The number of aromatic amines is 1. The lowest BCUT2D eigenvalue weighted by molar-refractivity contribution is 0.628. The van der Waals surface area contributed by atoms with Gasteiger partial charge in [-0.3, -0.25) is 4.79 Å². The van der Waals surface area contributed by atoms with E-state index in [1.165, 1.54) is 12.1 Å². The number of benzene rings is 2. The summed E-state index contributed by atoms with van der Waals surface area (Å²) >= 11 is 0. The Morgan fingerprint density at radius 2 is 2.00 bits per heavy atom. The molecular formula is C17H16FN3O. The summed E-state index contributed by atoms with van der Waals surface area (Å²) in [6, 6.07) is 11.8. The largest absolute Gasteiger partial charge is 0.397 e. The molecule has 3 rings (SSSR count). The van der Waals surface area contributed by atoms with Crippen LogP contribution in [0, 0.1) is 12.7 Å². The van der Waals surface area contributed by atoms with Crippen LogP contribution in [0.2, 0.25) is 0 Å². The van der Waals surface area contributed by atoms with Gasteiger partial charge in [-0.05, 0) is 48.7 Å². The number of fused-ring (bicyclic) bond motifs is 1. The molecule has 0 bridgehead atoms. The second kappa shape index (κ2) is 5.52. The zero-order valence-corrected chi connectivity index (χ0v) is 12.1. The number of H-pyrrole nitrogens is 1. The van der Waals surface area contributed by atoms with Crippen molar-refractivity contribution in [3.63, 3.8) is 0 Å². The first-order chi connectivity index (χ1) is 10.5. The summed E-state index contributed by atoms with van der Waals surface area (Å²) in [5, 5.41) is 4.04. The van der Waals surface area contributed by atoms with E-state index in [0.717, 1.165) is 16.5 Å². The van der Waals surface area contributed by atoms with Crippen LogP contribution in [-0.4, -0.2) is 4.98 Å².